The fourth-order valence-corrected chi connectivity index (χ4v) is 8.61. The maximum absolute atomic E-state index is 14.4. The van der Waals surface area contributed by atoms with Gasteiger partial charge in [0.1, 0.15) is 54.1 Å². The predicted molar refractivity (Wildman–Crippen MR) is 307 cm³/mol. The van der Waals surface area contributed by atoms with Crippen LogP contribution in [0.25, 0.3) is 0 Å². The van der Waals surface area contributed by atoms with Crippen LogP contribution in [-0.4, -0.2) is 148 Å². The number of primary amides is 1. The third-order valence-electron chi connectivity index (χ3n) is 14.6. The van der Waals surface area contributed by atoms with Gasteiger partial charge in [0.15, 0.2) is 0 Å². The van der Waals surface area contributed by atoms with Crippen molar-refractivity contribution >= 4 is 59.1 Å². The lowest BCUT2D eigenvalue weighted by Gasteiger charge is -2.30. The molecule has 0 fully saturated rings. The maximum Gasteiger partial charge on any atom is 0.326 e. The second-order valence-electron chi connectivity index (χ2n) is 21.2. The highest BCUT2D eigenvalue weighted by molar-refractivity contribution is 5.98. The zero-order valence-electron chi connectivity index (χ0n) is 48.5. The first-order chi connectivity index (χ1) is 38.8. The van der Waals surface area contributed by atoms with E-state index in [4.69, 9.17) is 22.9 Å². The van der Waals surface area contributed by atoms with Crippen molar-refractivity contribution in [2.24, 2.45) is 40.7 Å². The number of hydrogen-bond donors (Lipinski definition) is 15. The molecule has 458 valence electrons. The molecule has 0 radical (unpaired) electrons. The van der Waals surface area contributed by atoms with Gasteiger partial charge in [-0.05, 0) is 106 Å². The number of phenolic OH excluding ortho intramolecular Hbond substituents is 1. The van der Waals surface area contributed by atoms with Gasteiger partial charge in [-0.25, -0.2) is 4.79 Å². The summed E-state index contributed by atoms with van der Waals surface area (Å²) in [5, 5.41) is 51.5. The first-order valence-electron chi connectivity index (χ1n) is 28.4. The number of rotatable bonds is 39. The number of nitrogens with one attached hydrogen (secondary N) is 8. The molecule has 0 saturated heterocycles. The number of amides is 9. The summed E-state index contributed by atoms with van der Waals surface area (Å²) in [6, 6.07) is 2.31. The molecule has 0 aromatic heterocycles. The molecule has 2 aromatic rings. The molecular formula is C57H92N12O13. The zero-order chi connectivity index (χ0) is 61.6. The van der Waals surface area contributed by atoms with Gasteiger partial charge in [-0.3, -0.25) is 43.2 Å². The largest absolute Gasteiger partial charge is 0.508 e. The number of benzene rings is 2. The molecule has 0 unspecified atom stereocenters. The second-order valence-corrected chi connectivity index (χ2v) is 21.2. The van der Waals surface area contributed by atoms with E-state index in [0.717, 1.165) is 0 Å². The molecule has 13 atom stereocenters. The Kier molecular flexibility index (Phi) is 32.0. The Bertz CT molecular complexity index is 2380. The minimum Gasteiger partial charge on any atom is -0.508 e. The van der Waals surface area contributed by atoms with Crippen molar-refractivity contribution in [1.82, 2.24) is 42.5 Å². The monoisotopic (exact) mass is 1150 g/mol. The van der Waals surface area contributed by atoms with Crippen LogP contribution in [0.15, 0.2) is 54.6 Å². The van der Waals surface area contributed by atoms with E-state index in [0.29, 0.717) is 56.1 Å². The van der Waals surface area contributed by atoms with Gasteiger partial charge in [0.2, 0.25) is 53.2 Å². The first kappa shape index (κ1) is 70.9. The van der Waals surface area contributed by atoms with E-state index in [-0.39, 0.29) is 56.9 Å². The van der Waals surface area contributed by atoms with Crippen LogP contribution in [-0.2, 0) is 60.8 Å². The van der Waals surface area contributed by atoms with Crippen molar-refractivity contribution in [2.75, 3.05) is 13.1 Å². The van der Waals surface area contributed by atoms with Crippen LogP contribution in [0.4, 0.5) is 0 Å². The summed E-state index contributed by atoms with van der Waals surface area (Å²) >= 11 is 0. The Morgan fingerprint density at radius 2 is 0.841 bits per heavy atom. The van der Waals surface area contributed by atoms with Gasteiger partial charge < -0.3 is 80.8 Å². The standard InChI is InChI=1S/C57H92N12O13/c1-8-32(4)45(61)53(77)65-42(30-37-22-24-38(71)25-23-37)52(76)68-47(34(6)10-3)55(79)63-39(20-14-16-28-58)49(73)62-41(26-27-44(60)72)51(75)67-46(33(5)9-2)54(78)64-40(21-15-17-29-59)50(74)69-48(35(7)70)56(80)66-43(57(81)82)31-36-18-12-11-13-19-36/h11-13,18-19,22-25,32-35,39-43,45-48,70-71H,8-10,14-17,20-21,26-31,58-59,61H2,1-7H3,(H2,60,72)(H,62,73)(H,63,79)(H,64,78)(H,65,77)(H,66,80)(H,67,75)(H,68,76)(H,69,74)(H,81,82)/t32-,33-,34-,35+,39-,40-,41-,42-,43-,45-,46-,47-,48-/m0/s1. The van der Waals surface area contributed by atoms with Gasteiger partial charge >= 0.3 is 5.97 Å². The average molecular weight is 1150 g/mol. The van der Waals surface area contributed by atoms with Crippen molar-refractivity contribution in [3.63, 3.8) is 0 Å². The Morgan fingerprint density at radius 1 is 0.463 bits per heavy atom. The van der Waals surface area contributed by atoms with E-state index in [1.165, 1.54) is 19.1 Å². The number of phenols is 1. The van der Waals surface area contributed by atoms with Crippen molar-refractivity contribution in [3.05, 3.63) is 65.7 Å². The molecule has 0 aliphatic rings. The molecule has 0 spiro atoms. The lowest BCUT2D eigenvalue weighted by atomic mass is 9.95. The molecule has 0 aliphatic heterocycles. The summed E-state index contributed by atoms with van der Waals surface area (Å²) in [4.78, 5) is 137. The van der Waals surface area contributed by atoms with Crippen LogP contribution in [0.2, 0.25) is 0 Å². The Morgan fingerprint density at radius 3 is 1.28 bits per heavy atom. The van der Waals surface area contributed by atoms with Gasteiger partial charge in [0.05, 0.1) is 12.1 Å². The van der Waals surface area contributed by atoms with Crippen molar-refractivity contribution < 1.29 is 63.3 Å². The molecule has 82 heavy (non-hydrogen) atoms. The van der Waals surface area contributed by atoms with Gasteiger partial charge in [-0.15, -0.1) is 0 Å². The molecular weight excluding hydrogens is 1060 g/mol. The zero-order valence-corrected chi connectivity index (χ0v) is 48.5. The Labute approximate surface area is 481 Å². The number of aliphatic carboxylic acids is 1. The molecule has 25 nitrogen and oxygen atoms in total. The highest BCUT2D eigenvalue weighted by Gasteiger charge is 2.38. The molecule has 9 amide bonds. The molecule has 0 heterocycles. The average Bonchev–Trinajstić information content (AvgIpc) is 3.50. The van der Waals surface area contributed by atoms with Gasteiger partial charge in [-0.1, -0.05) is 103 Å². The number of aromatic hydroxyl groups is 1. The predicted octanol–water partition coefficient (Wildman–Crippen LogP) is -0.490. The van der Waals surface area contributed by atoms with Crippen LogP contribution in [0.5, 0.6) is 5.75 Å². The fraction of sp³-hybridized carbons (Fsp3) is 0.614. The van der Waals surface area contributed by atoms with Crippen LogP contribution >= 0.6 is 0 Å². The number of aliphatic hydroxyl groups excluding tert-OH is 1. The van der Waals surface area contributed by atoms with E-state index in [2.05, 4.69) is 42.5 Å². The molecule has 19 N–H and O–H groups in total. The van der Waals surface area contributed by atoms with Gasteiger partial charge in [0.25, 0.3) is 0 Å². The second kappa shape index (κ2) is 37.0. The normalized spacial score (nSPS) is 16.0. The summed E-state index contributed by atoms with van der Waals surface area (Å²) < 4.78 is 0. The number of carboxylic acids is 1. The third-order valence-corrected chi connectivity index (χ3v) is 14.6. The van der Waals surface area contributed by atoms with E-state index in [9.17, 15) is 63.3 Å². The quantitative estimate of drug-likeness (QED) is 0.0376. The number of aliphatic hydroxyl groups is 1. The summed E-state index contributed by atoms with van der Waals surface area (Å²) in [6.07, 6.45) is 0.282. The first-order valence-corrected chi connectivity index (χ1v) is 28.4. The topological polar surface area (TPSA) is 432 Å². The van der Waals surface area contributed by atoms with Crippen LogP contribution in [0.3, 0.4) is 0 Å². The molecule has 25 heteroatoms. The number of carboxylic acid groups (broad SMARTS) is 1. The van der Waals surface area contributed by atoms with E-state index >= 15 is 0 Å². The fourth-order valence-electron chi connectivity index (χ4n) is 8.61. The number of carbonyl (C=O) groups excluding carboxylic acids is 9. The minimum atomic E-state index is -1.67. The van der Waals surface area contributed by atoms with Crippen LogP contribution < -0.4 is 65.5 Å². The number of nitrogens with two attached hydrogens (primary N) is 4. The SMILES string of the molecule is CC[C@H](C)[C@H](N)C(=O)N[C@@H](Cc1ccc(O)cc1)C(=O)N[C@H](C(=O)N[C@@H](CCCCN)C(=O)N[C@@H](CCC(N)=O)C(=O)N[C@H](C(=O)N[C@@H](CCCCN)C(=O)N[C@H](C(=O)N[C@@H](Cc1ccccc1)C(=O)O)[C@@H](C)O)[C@@H](C)CC)[C@@H](C)CC. The van der Waals surface area contributed by atoms with E-state index in [1.54, 1.807) is 77.1 Å². The summed E-state index contributed by atoms with van der Waals surface area (Å²) in [5.74, 6) is -10.3. The van der Waals surface area contributed by atoms with Gasteiger partial charge in [0, 0.05) is 19.3 Å². The molecule has 0 bridgehead atoms. The highest BCUT2D eigenvalue weighted by Crippen LogP contribution is 2.17. The van der Waals surface area contributed by atoms with Crippen LogP contribution in [0.1, 0.15) is 130 Å². The lowest BCUT2D eigenvalue weighted by molar-refractivity contribution is -0.143. The van der Waals surface area contributed by atoms with Crippen molar-refractivity contribution in [1.29, 1.82) is 0 Å². The number of carbonyl (C=O) groups is 10. The van der Waals surface area contributed by atoms with Crippen molar-refractivity contribution in [2.45, 2.75) is 192 Å². The maximum atomic E-state index is 14.4. The number of unbranched alkanes of at least 4 members (excludes halogenated alkanes) is 2. The molecule has 2 rings (SSSR count). The summed E-state index contributed by atoms with van der Waals surface area (Å²) in [5.41, 5.74) is 24.5. The minimum absolute atomic E-state index is 0.00402. The molecule has 2 aromatic carbocycles. The van der Waals surface area contributed by atoms with Crippen molar-refractivity contribution in [3.8, 4) is 5.75 Å². The molecule has 0 saturated carbocycles. The summed E-state index contributed by atoms with van der Waals surface area (Å²) in [6.45, 7) is 12.2. The Hall–Kier alpha value is -7.22. The summed E-state index contributed by atoms with van der Waals surface area (Å²) in [7, 11) is 0. The smallest absolute Gasteiger partial charge is 0.326 e. The lowest BCUT2D eigenvalue weighted by Crippen LogP contribution is -2.62. The third kappa shape index (κ3) is 24.5. The number of hydrogen-bond acceptors (Lipinski definition) is 15. The van der Waals surface area contributed by atoms with E-state index in [1.807, 2.05) is 6.92 Å². The Balaban J connectivity index is 2.47. The highest BCUT2D eigenvalue weighted by atomic mass is 16.4. The molecule has 0 aliphatic carbocycles. The van der Waals surface area contributed by atoms with E-state index < -0.39 is 138 Å². The van der Waals surface area contributed by atoms with Crippen LogP contribution in [0, 0.1) is 17.8 Å². The van der Waals surface area contributed by atoms with Gasteiger partial charge in [-0.2, -0.15) is 0 Å².